The van der Waals surface area contributed by atoms with Crippen LogP contribution >= 0.6 is 0 Å². The van der Waals surface area contributed by atoms with E-state index in [4.69, 9.17) is 4.74 Å². The molecule has 25 heavy (non-hydrogen) atoms. The van der Waals surface area contributed by atoms with Crippen LogP contribution in [0.4, 0.5) is 16.2 Å². The number of carbonyl (C=O) groups excluding carboxylic acids is 2. The summed E-state index contributed by atoms with van der Waals surface area (Å²) < 4.78 is 5.50. The van der Waals surface area contributed by atoms with Crippen LogP contribution < -0.4 is 10.2 Å². The molecule has 1 aliphatic carbocycles. The third-order valence-electron chi connectivity index (χ3n) is 4.30. The summed E-state index contributed by atoms with van der Waals surface area (Å²) in [6, 6.07) is 6.69. The van der Waals surface area contributed by atoms with Gasteiger partial charge in [0.1, 0.15) is 6.10 Å². The van der Waals surface area contributed by atoms with Crippen molar-refractivity contribution in [3.8, 4) is 0 Å². The standard InChI is InChI=1S/C19H22N2O4/c22-17-12-13-18(23)21(17)15-10-8-14(9-11-15)20-19(24)25-16-6-4-2-1-3-5-7-16/h1-2,8-13,16-17,22H,3-7H2,(H,20,24). The second-order valence-corrected chi connectivity index (χ2v) is 6.16. The largest absolute Gasteiger partial charge is 0.446 e. The lowest BCUT2D eigenvalue weighted by Crippen LogP contribution is -2.33. The molecule has 6 heteroatoms. The maximum absolute atomic E-state index is 12.1. The molecule has 0 radical (unpaired) electrons. The van der Waals surface area contributed by atoms with E-state index in [1.165, 1.54) is 17.1 Å². The third-order valence-corrected chi connectivity index (χ3v) is 4.30. The Morgan fingerprint density at radius 2 is 1.92 bits per heavy atom. The quantitative estimate of drug-likeness (QED) is 0.826. The van der Waals surface area contributed by atoms with Gasteiger partial charge in [0.25, 0.3) is 5.91 Å². The van der Waals surface area contributed by atoms with Gasteiger partial charge in [0, 0.05) is 17.5 Å². The Morgan fingerprint density at radius 1 is 1.16 bits per heavy atom. The molecule has 0 aromatic heterocycles. The van der Waals surface area contributed by atoms with E-state index < -0.39 is 12.3 Å². The number of amides is 2. The number of anilines is 2. The number of aliphatic hydroxyl groups is 1. The van der Waals surface area contributed by atoms with Crippen LogP contribution in [0.15, 0.2) is 48.6 Å². The number of nitrogens with one attached hydrogen (secondary N) is 1. The molecule has 132 valence electrons. The zero-order chi connectivity index (χ0) is 17.6. The molecule has 2 unspecified atom stereocenters. The smallest absolute Gasteiger partial charge is 0.411 e. The number of allylic oxidation sites excluding steroid dienone is 2. The van der Waals surface area contributed by atoms with Crippen molar-refractivity contribution in [3.63, 3.8) is 0 Å². The Labute approximate surface area is 146 Å². The van der Waals surface area contributed by atoms with Gasteiger partial charge in [-0.3, -0.25) is 15.0 Å². The molecule has 0 bridgehead atoms. The fraction of sp³-hybridized carbons (Fsp3) is 0.368. The summed E-state index contributed by atoms with van der Waals surface area (Å²) in [7, 11) is 0. The first-order chi connectivity index (χ1) is 12.1. The molecule has 0 spiro atoms. The minimum atomic E-state index is -0.954. The number of carbonyl (C=O) groups is 2. The number of aliphatic hydroxyl groups excluding tert-OH is 1. The average Bonchev–Trinajstić information content (AvgIpc) is 2.90. The van der Waals surface area contributed by atoms with Gasteiger partial charge in [-0.15, -0.1) is 0 Å². The van der Waals surface area contributed by atoms with Crippen molar-refractivity contribution in [1.82, 2.24) is 0 Å². The maximum Gasteiger partial charge on any atom is 0.411 e. The molecule has 0 fully saturated rings. The van der Waals surface area contributed by atoms with E-state index in [2.05, 4.69) is 17.5 Å². The van der Waals surface area contributed by atoms with Gasteiger partial charge < -0.3 is 9.84 Å². The number of hydrogen-bond acceptors (Lipinski definition) is 4. The lowest BCUT2D eigenvalue weighted by Gasteiger charge is -2.21. The normalized spacial score (nSPS) is 23.2. The van der Waals surface area contributed by atoms with E-state index in [-0.39, 0.29) is 12.0 Å². The van der Waals surface area contributed by atoms with Crippen LogP contribution in [0.5, 0.6) is 0 Å². The van der Waals surface area contributed by atoms with E-state index in [1.807, 2.05) is 0 Å². The Bertz CT molecular complexity index is 681. The molecule has 0 saturated carbocycles. The van der Waals surface area contributed by atoms with Crippen molar-refractivity contribution < 1.29 is 19.4 Å². The lowest BCUT2D eigenvalue weighted by molar-refractivity contribution is -0.114. The van der Waals surface area contributed by atoms with E-state index >= 15 is 0 Å². The Kier molecular flexibility index (Phi) is 5.50. The summed E-state index contributed by atoms with van der Waals surface area (Å²) in [5.41, 5.74) is 1.14. The fourth-order valence-electron chi connectivity index (χ4n) is 2.99. The van der Waals surface area contributed by atoms with Gasteiger partial charge in [0.05, 0.1) is 0 Å². The van der Waals surface area contributed by atoms with Crippen LogP contribution in [-0.2, 0) is 9.53 Å². The average molecular weight is 342 g/mol. The molecule has 2 amide bonds. The summed E-state index contributed by atoms with van der Waals surface area (Å²) >= 11 is 0. The van der Waals surface area contributed by atoms with Gasteiger partial charge in [-0.2, -0.15) is 0 Å². The second-order valence-electron chi connectivity index (χ2n) is 6.16. The molecule has 1 aliphatic heterocycles. The zero-order valence-corrected chi connectivity index (χ0v) is 13.9. The predicted octanol–water partition coefficient (Wildman–Crippen LogP) is 3.35. The Balaban J connectivity index is 1.55. The van der Waals surface area contributed by atoms with Gasteiger partial charge in [-0.05, 0) is 62.4 Å². The van der Waals surface area contributed by atoms with Crippen molar-refractivity contribution in [2.24, 2.45) is 0 Å². The predicted molar refractivity (Wildman–Crippen MR) is 95.2 cm³/mol. The lowest BCUT2D eigenvalue weighted by atomic mass is 10.0. The van der Waals surface area contributed by atoms with E-state index in [0.29, 0.717) is 11.4 Å². The van der Waals surface area contributed by atoms with Gasteiger partial charge in [-0.1, -0.05) is 12.2 Å². The van der Waals surface area contributed by atoms with Gasteiger partial charge in [0.2, 0.25) is 0 Å². The Hall–Kier alpha value is -2.60. The van der Waals surface area contributed by atoms with Crippen molar-refractivity contribution >= 4 is 23.4 Å². The minimum absolute atomic E-state index is 0.0623. The maximum atomic E-state index is 12.1. The van der Waals surface area contributed by atoms with Crippen LogP contribution in [0, 0.1) is 0 Å². The molecule has 1 heterocycles. The minimum Gasteiger partial charge on any atom is -0.446 e. The molecular formula is C19H22N2O4. The summed E-state index contributed by atoms with van der Waals surface area (Å²) in [5, 5.41) is 12.5. The molecule has 6 nitrogen and oxygen atoms in total. The van der Waals surface area contributed by atoms with E-state index in [9.17, 15) is 14.7 Å². The first kappa shape index (κ1) is 17.2. The summed E-state index contributed by atoms with van der Waals surface area (Å²) in [6.07, 6.45) is 10.3. The molecule has 2 aliphatic rings. The van der Waals surface area contributed by atoms with Crippen LogP contribution in [0.3, 0.4) is 0 Å². The number of benzene rings is 1. The van der Waals surface area contributed by atoms with E-state index in [1.54, 1.807) is 24.3 Å². The summed E-state index contributed by atoms with van der Waals surface area (Å²) in [6.45, 7) is 0. The van der Waals surface area contributed by atoms with Crippen molar-refractivity contribution in [2.45, 2.75) is 44.4 Å². The number of ether oxygens (including phenoxy) is 1. The molecule has 0 saturated heterocycles. The molecule has 2 atom stereocenters. The monoisotopic (exact) mass is 342 g/mol. The number of rotatable bonds is 3. The highest BCUT2D eigenvalue weighted by Crippen LogP contribution is 2.23. The Morgan fingerprint density at radius 3 is 2.64 bits per heavy atom. The van der Waals surface area contributed by atoms with Crippen molar-refractivity contribution in [3.05, 3.63) is 48.6 Å². The van der Waals surface area contributed by atoms with Crippen molar-refractivity contribution in [1.29, 1.82) is 0 Å². The molecule has 2 N–H and O–H groups in total. The zero-order valence-electron chi connectivity index (χ0n) is 13.9. The molecular weight excluding hydrogens is 320 g/mol. The van der Waals surface area contributed by atoms with Crippen LogP contribution in [-0.4, -0.2) is 29.4 Å². The summed E-state index contributed by atoms with van der Waals surface area (Å²) in [5.74, 6) is -0.272. The van der Waals surface area contributed by atoms with Crippen molar-refractivity contribution in [2.75, 3.05) is 10.2 Å². The second kappa shape index (κ2) is 7.98. The van der Waals surface area contributed by atoms with Crippen LogP contribution in [0.1, 0.15) is 32.1 Å². The number of hydrogen-bond donors (Lipinski definition) is 2. The first-order valence-electron chi connectivity index (χ1n) is 8.55. The summed E-state index contributed by atoms with van der Waals surface area (Å²) in [4.78, 5) is 25.0. The topological polar surface area (TPSA) is 78.9 Å². The molecule has 1 aromatic carbocycles. The molecule has 1 aromatic rings. The third kappa shape index (κ3) is 4.48. The van der Waals surface area contributed by atoms with Gasteiger partial charge >= 0.3 is 6.09 Å². The number of nitrogens with zero attached hydrogens (tertiary/aromatic N) is 1. The molecule has 3 rings (SSSR count). The highest BCUT2D eigenvalue weighted by Gasteiger charge is 2.25. The van der Waals surface area contributed by atoms with Crippen LogP contribution in [0.25, 0.3) is 0 Å². The van der Waals surface area contributed by atoms with E-state index in [0.717, 1.165) is 32.1 Å². The highest BCUT2D eigenvalue weighted by atomic mass is 16.6. The first-order valence-corrected chi connectivity index (χ1v) is 8.55. The SMILES string of the molecule is O=C(Nc1ccc(N2C(=O)C=CC2O)cc1)OC1CCC=CCCC1. The highest BCUT2D eigenvalue weighted by molar-refractivity contribution is 6.04. The fourth-order valence-corrected chi connectivity index (χ4v) is 2.99. The van der Waals surface area contributed by atoms with Gasteiger partial charge in [0.15, 0.2) is 6.23 Å². The van der Waals surface area contributed by atoms with Crippen LogP contribution in [0.2, 0.25) is 0 Å². The van der Waals surface area contributed by atoms with Gasteiger partial charge in [-0.25, -0.2) is 4.79 Å².